The van der Waals surface area contributed by atoms with Gasteiger partial charge in [-0.2, -0.15) is 0 Å². The zero-order valence-electron chi connectivity index (χ0n) is 12.0. The van der Waals surface area contributed by atoms with Crippen LogP contribution in [0.15, 0.2) is 0 Å². The normalized spacial score (nSPS) is 30.9. The summed E-state index contributed by atoms with van der Waals surface area (Å²) in [7, 11) is 0. The number of aliphatic carboxylic acids is 1. The Bertz CT molecular complexity index is 353. The number of carboxylic acids is 1. The van der Waals surface area contributed by atoms with Crippen LogP contribution in [0.2, 0.25) is 0 Å². The molecule has 2 rings (SSSR count). The van der Waals surface area contributed by atoms with Crippen molar-refractivity contribution in [2.45, 2.75) is 51.2 Å². The molecule has 1 aliphatic carbocycles. The lowest BCUT2D eigenvalue weighted by Gasteiger charge is -2.34. The number of urea groups is 1. The van der Waals surface area contributed by atoms with E-state index in [0.717, 1.165) is 19.3 Å². The number of carbonyl (C=O) groups is 2. The fraction of sp³-hybridized carbons (Fsp3) is 0.857. The number of nitrogens with one attached hydrogen (secondary N) is 1. The highest BCUT2D eigenvalue weighted by molar-refractivity contribution is 5.75. The molecule has 1 atom stereocenters. The molecular weight excluding hydrogens is 260 g/mol. The lowest BCUT2D eigenvalue weighted by molar-refractivity contribution is -0.142. The van der Waals surface area contributed by atoms with Crippen LogP contribution in [0.4, 0.5) is 4.79 Å². The van der Waals surface area contributed by atoms with Gasteiger partial charge in [0.05, 0.1) is 18.6 Å². The first-order chi connectivity index (χ1) is 9.60. The third-order valence-electron chi connectivity index (χ3n) is 4.29. The number of morpholine rings is 1. The summed E-state index contributed by atoms with van der Waals surface area (Å²) < 4.78 is 5.55. The predicted octanol–water partition coefficient (Wildman–Crippen LogP) is 1.45. The molecule has 1 saturated heterocycles. The summed E-state index contributed by atoms with van der Waals surface area (Å²) in [5.41, 5.74) is 0. The van der Waals surface area contributed by atoms with E-state index in [-0.39, 0.29) is 24.1 Å². The lowest BCUT2D eigenvalue weighted by atomic mass is 9.86. The Morgan fingerprint density at radius 2 is 2.00 bits per heavy atom. The maximum atomic E-state index is 12.2. The van der Waals surface area contributed by atoms with Crippen LogP contribution in [-0.4, -0.2) is 53.8 Å². The Hall–Kier alpha value is -1.30. The molecule has 114 valence electrons. The summed E-state index contributed by atoms with van der Waals surface area (Å²) in [5.74, 6) is -0.954. The average molecular weight is 284 g/mol. The van der Waals surface area contributed by atoms with Crippen LogP contribution in [0.25, 0.3) is 0 Å². The van der Waals surface area contributed by atoms with Gasteiger partial charge in [0.2, 0.25) is 0 Å². The van der Waals surface area contributed by atoms with Gasteiger partial charge in [-0.05, 0) is 32.1 Å². The van der Waals surface area contributed by atoms with E-state index in [0.29, 0.717) is 32.5 Å². The van der Waals surface area contributed by atoms with Crippen molar-refractivity contribution in [3.05, 3.63) is 0 Å². The molecule has 0 bridgehead atoms. The van der Waals surface area contributed by atoms with Crippen LogP contribution >= 0.6 is 0 Å². The largest absolute Gasteiger partial charge is 0.481 e. The maximum Gasteiger partial charge on any atom is 0.317 e. The van der Waals surface area contributed by atoms with Gasteiger partial charge in [0.1, 0.15) is 0 Å². The van der Waals surface area contributed by atoms with Crippen molar-refractivity contribution in [3.63, 3.8) is 0 Å². The zero-order valence-corrected chi connectivity index (χ0v) is 12.0. The van der Waals surface area contributed by atoms with E-state index in [1.54, 1.807) is 4.90 Å². The first kappa shape index (κ1) is 15.1. The van der Waals surface area contributed by atoms with Crippen LogP contribution < -0.4 is 5.32 Å². The van der Waals surface area contributed by atoms with Gasteiger partial charge in [-0.15, -0.1) is 0 Å². The molecule has 6 nitrogen and oxygen atoms in total. The lowest BCUT2D eigenvalue weighted by Crippen LogP contribution is -2.52. The number of hydrogen-bond donors (Lipinski definition) is 2. The third kappa shape index (κ3) is 3.85. The van der Waals surface area contributed by atoms with Gasteiger partial charge in [0.25, 0.3) is 0 Å². The maximum absolute atomic E-state index is 12.2. The molecule has 20 heavy (non-hydrogen) atoms. The van der Waals surface area contributed by atoms with E-state index in [9.17, 15) is 9.59 Å². The highest BCUT2D eigenvalue weighted by atomic mass is 16.5. The highest BCUT2D eigenvalue weighted by Crippen LogP contribution is 2.24. The minimum absolute atomic E-state index is 0.0366. The van der Waals surface area contributed by atoms with Crippen molar-refractivity contribution in [2.24, 2.45) is 5.92 Å². The summed E-state index contributed by atoms with van der Waals surface area (Å²) in [5, 5.41) is 12.0. The van der Waals surface area contributed by atoms with Crippen molar-refractivity contribution in [2.75, 3.05) is 19.7 Å². The summed E-state index contributed by atoms with van der Waals surface area (Å²) in [6, 6.07) is 0.0755. The van der Waals surface area contributed by atoms with Crippen LogP contribution in [0.5, 0.6) is 0 Å². The quantitative estimate of drug-likeness (QED) is 0.822. The van der Waals surface area contributed by atoms with Crippen molar-refractivity contribution in [3.8, 4) is 0 Å². The SMILES string of the molecule is CCC1CN(C(=O)NC2CCC(C(=O)O)CC2)CCO1. The summed E-state index contributed by atoms with van der Waals surface area (Å²) in [4.78, 5) is 24.9. The molecule has 2 amide bonds. The first-order valence-corrected chi connectivity index (χ1v) is 7.50. The number of hydrogen-bond acceptors (Lipinski definition) is 3. The Morgan fingerprint density at radius 1 is 1.30 bits per heavy atom. The fourth-order valence-electron chi connectivity index (χ4n) is 2.90. The minimum atomic E-state index is -0.714. The number of amides is 2. The molecule has 0 aromatic carbocycles. The molecule has 0 spiro atoms. The number of rotatable bonds is 3. The molecular formula is C14H24N2O4. The highest BCUT2D eigenvalue weighted by Gasteiger charge is 2.29. The smallest absolute Gasteiger partial charge is 0.317 e. The van der Waals surface area contributed by atoms with Gasteiger partial charge < -0.3 is 20.1 Å². The second kappa shape index (κ2) is 6.92. The van der Waals surface area contributed by atoms with E-state index in [1.807, 2.05) is 0 Å². The van der Waals surface area contributed by atoms with Crippen molar-refractivity contribution < 1.29 is 19.4 Å². The Morgan fingerprint density at radius 3 is 2.60 bits per heavy atom. The summed E-state index contributed by atoms with van der Waals surface area (Å²) in [6.45, 7) is 3.93. The summed E-state index contributed by atoms with van der Waals surface area (Å²) in [6.07, 6.45) is 3.86. The molecule has 0 aromatic heterocycles. The molecule has 1 unspecified atom stereocenters. The zero-order chi connectivity index (χ0) is 14.5. The van der Waals surface area contributed by atoms with Crippen molar-refractivity contribution in [1.29, 1.82) is 0 Å². The van der Waals surface area contributed by atoms with Crippen LogP contribution in [0.1, 0.15) is 39.0 Å². The van der Waals surface area contributed by atoms with E-state index in [2.05, 4.69) is 12.2 Å². The standard InChI is InChI=1S/C14H24N2O4/c1-2-12-9-16(7-8-20-12)14(19)15-11-5-3-10(4-6-11)13(17)18/h10-12H,2-9H2,1H3,(H,15,19)(H,17,18). The molecule has 2 aliphatic rings. The second-order valence-electron chi connectivity index (χ2n) is 5.68. The van der Waals surface area contributed by atoms with Gasteiger partial charge in [-0.1, -0.05) is 6.92 Å². The minimum Gasteiger partial charge on any atom is -0.481 e. The molecule has 2 fully saturated rings. The molecule has 0 aromatic rings. The number of ether oxygens (including phenoxy) is 1. The molecule has 1 heterocycles. The predicted molar refractivity (Wildman–Crippen MR) is 73.5 cm³/mol. The van der Waals surface area contributed by atoms with Crippen LogP contribution in [-0.2, 0) is 9.53 Å². The number of carbonyl (C=O) groups excluding carboxylic acids is 1. The van der Waals surface area contributed by atoms with E-state index in [4.69, 9.17) is 9.84 Å². The van der Waals surface area contributed by atoms with Gasteiger partial charge >= 0.3 is 12.0 Å². The van der Waals surface area contributed by atoms with Crippen LogP contribution in [0, 0.1) is 5.92 Å². The number of nitrogens with zero attached hydrogens (tertiary/aromatic N) is 1. The second-order valence-corrected chi connectivity index (χ2v) is 5.68. The van der Waals surface area contributed by atoms with Crippen molar-refractivity contribution in [1.82, 2.24) is 10.2 Å². The van der Waals surface area contributed by atoms with Gasteiger partial charge in [-0.3, -0.25) is 4.79 Å². The average Bonchev–Trinajstić information content (AvgIpc) is 2.47. The van der Waals surface area contributed by atoms with Gasteiger partial charge in [-0.25, -0.2) is 4.79 Å². The monoisotopic (exact) mass is 284 g/mol. The molecule has 1 aliphatic heterocycles. The van der Waals surface area contributed by atoms with E-state index >= 15 is 0 Å². The van der Waals surface area contributed by atoms with Crippen LogP contribution in [0.3, 0.4) is 0 Å². The van der Waals surface area contributed by atoms with E-state index < -0.39 is 5.97 Å². The van der Waals surface area contributed by atoms with E-state index in [1.165, 1.54) is 0 Å². The summed E-state index contributed by atoms with van der Waals surface area (Å²) >= 11 is 0. The third-order valence-corrected chi connectivity index (χ3v) is 4.29. The molecule has 0 radical (unpaired) electrons. The van der Waals surface area contributed by atoms with Gasteiger partial charge in [0.15, 0.2) is 0 Å². The number of carboxylic acid groups (broad SMARTS) is 1. The fourth-order valence-corrected chi connectivity index (χ4v) is 2.90. The first-order valence-electron chi connectivity index (χ1n) is 7.50. The van der Waals surface area contributed by atoms with Gasteiger partial charge in [0, 0.05) is 19.1 Å². The Labute approximate surface area is 119 Å². The Balaban J connectivity index is 1.76. The molecule has 2 N–H and O–H groups in total. The topological polar surface area (TPSA) is 78.9 Å². The Kier molecular flexibility index (Phi) is 5.23. The molecule has 1 saturated carbocycles. The van der Waals surface area contributed by atoms with Crippen molar-refractivity contribution >= 4 is 12.0 Å². The molecule has 6 heteroatoms.